The first kappa shape index (κ1) is 14.5. The van der Waals surface area contributed by atoms with E-state index in [0.29, 0.717) is 16.0 Å². The Balaban J connectivity index is 1.68. The number of fused-ring (bicyclic) bond motifs is 1. The molecular weight excluding hydrogens is 324 g/mol. The topological polar surface area (TPSA) is 77.7 Å². The van der Waals surface area contributed by atoms with E-state index in [9.17, 15) is 13.6 Å². The van der Waals surface area contributed by atoms with E-state index < -0.39 is 5.92 Å². The quantitative estimate of drug-likeness (QED) is 0.767. The highest BCUT2D eigenvalue weighted by molar-refractivity contribution is 7.22. The van der Waals surface area contributed by atoms with Crippen molar-refractivity contribution in [3.05, 3.63) is 34.1 Å². The van der Waals surface area contributed by atoms with Crippen molar-refractivity contribution in [1.82, 2.24) is 25.1 Å². The Bertz CT molecular complexity index is 936. The number of alkyl halides is 2. The average molecular weight is 337 g/mol. The smallest absolute Gasteiger partial charge is 0.272 e. The molecule has 0 bridgehead atoms. The summed E-state index contributed by atoms with van der Waals surface area (Å²) in [5.74, 6) is -2.22. The Hall–Kier alpha value is -2.13. The standard InChI is InChI=1S/C14H13F2N5OS/c1-7-8(3-17-20-7)10-2-9-12(23-10)13(22)19-11(18-9)4-21-5-14(15,16)6-21/h2-3H,4-6H2,1H3,(H,17,20)(H,18,19,22). The second kappa shape index (κ2) is 4.93. The second-order valence-electron chi connectivity index (χ2n) is 5.75. The van der Waals surface area contributed by atoms with Crippen molar-refractivity contribution in [1.29, 1.82) is 0 Å². The van der Waals surface area contributed by atoms with Gasteiger partial charge in [0.1, 0.15) is 10.5 Å². The Labute approximate surface area is 133 Å². The third-order valence-corrected chi connectivity index (χ3v) is 4.97. The summed E-state index contributed by atoms with van der Waals surface area (Å²) in [7, 11) is 0. The van der Waals surface area contributed by atoms with Crippen molar-refractivity contribution in [3.63, 3.8) is 0 Å². The summed E-state index contributed by atoms with van der Waals surface area (Å²) < 4.78 is 26.3. The molecule has 4 heterocycles. The minimum atomic E-state index is -2.63. The molecule has 0 aliphatic carbocycles. The van der Waals surface area contributed by atoms with Gasteiger partial charge in [0.2, 0.25) is 0 Å². The van der Waals surface area contributed by atoms with Crippen LogP contribution in [0.15, 0.2) is 17.1 Å². The molecule has 0 atom stereocenters. The summed E-state index contributed by atoms with van der Waals surface area (Å²) in [6, 6.07) is 1.83. The summed E-state index contributed by atoms with van der Waals surface area (Å²) in [4.78, 5) is 21.7. The number of aromatic amines is 2. The summed E-state index contributed by atoms with van der Waals surface area (Å²) in [6.07, 6.45) is 1.71. The van der Waals surface area contributed by atoms with Gasteiger partial charge >= 0.3 is 0 Å². The summed E-state index contributed by atoms with van der Waals surface area (Å²) in [6.45, 7) is 1.53. The SMILES string of the molecule is Cc1[nH]ncc1-c1cc2nc(CN3CC(F)(F)C3)[nH]c(=O)c2s1. The van der Waals surface area contributed by atoms with Gasteiger partial charge in [0.15, 0.2) is 0 Å². The summed E-state index contributed by atoms with van der Waals surface area (Å²) >= 11 is 1.34. The van der Waals surface area contributed by atoms with Gasteiger partial charge in [-0.3, -0.25) is 14.8 Å². The van der Waals surface area contributed by atoms with Gasteiger partial charge in [0.25, 0.3) is 11.5 Å². The number of hydrogen-bond acceptors (Lipinski definition) is 5. The lowest BCUT2D eigenvalue weighted by Crippen LogP contribution is -2.55. The van der Waals surface area contributed by atoms with E-state index in [0.717, 1.165) is 16.1 Å². The van der Waals surface area contributed by atoms with E-state index in [2.05, 4.69) is 20.2 Å². The van der Waals surface area contributed by atoms with Gasteiger partial charge in [-0.15, -0.1) is 11.3 Å². The lowest BCUT2D eigenvalue weighted by atomic mass is 10.1. The molecule has 0 saturated carbocycles. The fourth-order valence-electron chi connectivity index (χ4n) is 2.73. The monoisotopic (exact) mass is 337 g/mol. The Morgan fingerprint density at radius 1 is 1.43 bits per heavy atom. The number of nitrogens with zero attached hydrogens (tertiary/aromatic N) is 3. The number of nitrogens with one attached hydrogen (secondary N) is 2. The fraction of sp³-hybridized carbons (Fsp3) is 0.357. The Morgan fingerprint density at radius 2 is 2.22 bits per heavy atom. The van der Waals surface area contributed by atoms with Crippen LogP contribution in [0.3, 0.4) is 0 Å². The van der Waals surface area contributed by atoms with Crippen molar-refractivity contribution in [2.45, 2.75) is 19.4 Å². The molecule has 0 radical (unpaired) electrons. The zero-order valence-corrected chi connectivity index (χ0v) is 13.0. The number of likely N-dealkylation sites (tertiary alicyclic amines) is 1. The number of aromatic nitrogens is 4. The van der Waals surface area contributed by atoms with E-state index in [-0.39, 0.29) is 25.2 Å². The number of rotatable bonds is 3. The molecule has 4 rings (SSSR count). The third-order valence-electron chi connectivity index (χ3n) is 3.81. The molecule has 1 saturated heterocycles. The molecule has 3 aromatic heterocycles. The highest BCUT2D eigenvalue weighted by Gasteiger charge is 2.43. The predicted molar refractivity (Wildman–Crippen MR) is 82.8 cm³/mol. The first-order chi connectivity index (χ1) is 10.9. The maximum Gasteiger partial charge on any atom is 0.272 e. The van der Waals surface area contributed by atoms with Crippen LogP contribution in [0.4, 0.5) is 8.78 Å². The van der Waals surface area contributed by atoms with E-state index in [1.54, 1.807) is 11.1 Å². The first-order valence-corrected chi connectivity index (χ1v) is 7.86. The van der Waals surface area contributed by atoms with Gasteiger partial charge in [-0.1, -0.05) is 0 Å². The Morgan fingerprint density at radius 3 is 2.87 bits per heavy atom. The molecule has 3 aromatic rings. The van der Waals surface area contributed by atoms with Crippen molar-refractivity contribution in [2.24, 2.45) is 0 Å². The lowest BCUT2D eigenvalue weighted by Gasteiger charge is -2.38. The molecule has 0 spiro atoms. The molecule has 1 aliphatic rings. The van der Waals surface area contributed by atoms with Crippen LogP contribution >= 0.6 is 11.3 Å². The second-order valence-corrected chi connectivity index (χ2v) is 6.80. The van der Waals surface area contributed by atoms with Crippen LogP contribution in [-0.4, -0.2) is 44.1 Å². The van der Waals surface area contributed by atoms with Crippen LogP contribution in [0.5, 0.6) is 0 Å². The highest BCUT2D eigenvalue weighted by Crippen LogP contribution is 2.32. The van der Waals surface area contributed by atoms with Gasteiger partial charge in [0.05, 0.1) is 31.3 Å². The van der Waals surface area contributed by atoms with Crippen LogP contribution in [0.2, 0.25) is 0 Å². The molecular formula is C14H13F2N5OS. The van der Waals surface area contributed by atoms with Crippen LogP contribution in [-0.2, 0) is 6.54 Å². The van der Waals surface area contributed by atoms with Crippen molar-refractivity contribution >= 4 is 21.6 Å². The van der Waals surface area contributed by atoms with Crippen molar-refractivity contribution in [2.75, 3.05) is 13.1 Å². The maximum absolute atomic E-state index is 12.9. The Kier molecular flexibility index (Phi) is 3.10. The average Bonchev–Trinajstić information content (AvgIpc) is 3.02. The molecule has 0 aromatic carbocycles. The summed E-state index contributed by atoms with van der Waals surface area (Å²) in [5, 5.41) is 6.84. The molecule has 1 fully saturated rings. The van der Waals surface area contributed by atoms with E-state index in [4.69, 9.17) is 0 Å². The van der Waals surface area contributed by atoms with Crippen molar-refractivity contribution in [3.8, 4) is 10.4 Å². The van der Waals surface area contributed by atoms with Gasteiger partial charge in [-0.2, -0.15) is 5.10 Å². The number of aryl methyl sites for hydroxylation is 1. The predicted octanol–water partition coefficient (Wildman–Crippen LogP) is 2.13. The molecule has 1 aliphatic heterocycles. The van der Waals surface area contributed by atoms with Crippen molar-refractivity contribution < 1.29 is 8.78 Å². The summed E-state index contributed by atoms with van der Waals surface area (Å²) in [5.41, 5.74) is 2.18. The minimum Gasteiger partial charge on any atom is -0.308 e. The molecule has 6 nitrogen and oxygen atoms in total. The van der Waals surface area contributed by atoms with E-state index in [1.807, 2.05) is 13.0 Å². The van der Waals surface area contributed by atoms with Gasteiger partial charge in [-0.05, 0) is 13.0 Å². The zero-order chi connectivity index (χ0) is 16.2. The first-order valence-electron chi connectivity index (χ1n) is 7.04. The minimum absolute atomic E-state index is 0.219. The molecule has 9 heteroatoms. The van der Waals surface area contributed by atoms with E-state index >= 15 is 0 Å². The van der Waals surface area contributed by atoms with Gasteiger partial charge in [-0.25, -0.2) is 13.8 Å². The van der Waals surface area contributed by atoms with Gasteiger partial charge in [0, 0.05) is 16.1 Å². The molecule has 0 amide bonds. The normalized spacial score (nSPS) is 17.5. The highest BCUT2D eigenvalue weighted by atomic mass is 32.1. The molecule has 23 heavy (non-hydrogen) atoms. The molecule has 0 unspecified atom stereocenters. The number of hydrogen-bond donors (Lipinski definition) is 2. The number of H-pyrrole nitrogens is 2. The van der Waals surface area contributed by atoms with Gasteiger partial charge < -0.3 is 4.98 Å². The lowest BCUT2D eigenvalue weighted by molar-refractivity contribution is -0.134. The molecule has 2 N–H and O–H groups in total. The van der Waals surface area contributed by atoms with Crippen LogP contribution < -0.4 is 5.56 Å². The van der Waals surface area contributed by atoms with Crippen LogP contribution in [0, 0.1) is 6.92 Å². The molecule has 120 valence electrons. The number of halogens is 2. The third kappa shape index (κ3) is 2.55. The van der Waals surface area contributed by atoms with Crippen LogP contribution in [0.1, 0.15) is 11.5 Å². The van der Waals surface area contributed by atoms with E-state index in [1.165, 1.54) is 11.3 Å². The number of thiophene rings is 1. The fourth-order valence-corrected chi connectivity index (χ4v) is 3.79. The van der Waals surface area contributed by atoms with Crippen LogP contribution in [0.25, 0.3) is 20.7 Å². The zero-order valence-electron chi connectivity index (χ0n) is 12.2. The largest absolute Gasteiger partial charge is 0.308 e. The maximum atomic E-state index is 12.9.